The Morgan fingerprint density at radius 2 is 1.89 bits per heavy atom. The van der Waals surface area contributed by atoms with Gasteiger partial charge in [0.05, 0.1) is 20.3 Å². The van der Waals surface area contributed by atoms with Gasteiger partial charge in [0.1, 0.15) is 23.6 Å². The van der Waals surface area contributed by atoms with Crippen molar-refractivity contribution in [3.8, 4) is 5.75 Å². The first kappa shape index (κ1) is 42.1. The molecule has 3 aromatic rings. The lowest BCUT2D eigenvalue weighted by Gasteiger charge is -2.68. The predicted molar refractivity (Wildman–Crippen MR) is 232 cm³/mol. The van der Waals surface area contributed by atoms with Gasteiger partial charge in [-0.1, -0.05) is 44.2 Å². The number of esters is 1. The molecule has 0 spiro atoms. The average molecular weight is 838 g/mol. The molecule has 2 bridgehead atoms. The third-order valence-corrected chi connectivity index (χ3v) is 16.4. The normalized spacial score (nSPS) is 36.4. The Bertz CT molecular complexity index is 2240. The summed E-state index contributed by atoms with van der Waals surface area (Å²) < 4.78 is 12.3. The van der Waals surface area contributed by atoms with Gasteiger partial charge in [-0.05, 0) is 86.6 Å². The monoisotopic (exact) mass is 837 g/mol. The van der Waals surface area contributed by atoms with Crippen LogP contribution in [0.1, 0.15) is 80.7 Å². The largest absolute Gasteiger partial charge is 0.496 e. The van der Waals surface area contributed by atoms with Crippen LogP contribution in [0.4, 0.5) is 5.69 Å². The van der Waals surface area contributed by atoms with Crippen LogP contribution in [-0.4, -0.2) is 139 Å². The maximum atomic E-state index is 15.3. The second-order valence-electron chi connectivity index (χ2n) is 19.0. The Morgan fingerprint density at radius 3 is 2.61 bits per heavy atom. The molecule has 61 heavy (non-hydrogen) atoms. The molecule has 0 radical (unpaired) electrons. The first-order valence-electron chi connectivity index (χ1n) is 22.5. The first-order valence-corrected chi connectivity index (χ1v) is 22.5. The summed E-state index contributed by atoms with van der Waals surface area (Å²) in [7, 11) is 4.95. The number of nitrogens with one attached hydrogen (secondary N) is 2. The molecule has 1 saturated carbocycles. The fourth-order valence-electron chi connectivity index (χ4n) is 13.6. The third kappa shape index (κ3) is 5.93. The first-order chi connectivity index (χ1) is 29.4. The lowest BCUT2D eigenvalue weighted by atomic mass is 9.48. The number of benzene rings is 2. The third-order valence-electron chi connectivity index (χ3n) is 16.4. The number of hydrogen-bond acceptors (Lipinski definition) is 11. The maximum Gasteiger partial charge on any atom is 0.322 e. The molecule has 1 aliphatic carbocycles. The number of H-pyrrole nitrogens is 1. The van der Waals surface area contributed by atoms with Crippen LogP contribution in [0.25, 0.3) is 10.9 Å². The lowest BCUT2D eigenvalue weighted by Crippen LogP contribution is -2.82. The second kappa shape index (κ2) is 15.5. The number of carbonyl (C=O) groups is 3. The van der Waals surface area contributed by atoms with E-state index in [0.29, 0.717) is 62.9 Å². The number of carbonyl (C=O) groups excluding carboxylic acids is 3. The number of para-hydroxylation sites is 1. The van der Waals surface area contributed by atoms with Crippen molar-refractivity contribution >= 4 is 34.8 Å². The van der Waals surface area contributed by atoms with Crippen molar-refractivity contribution in [1.82, 2.24) is 20.1 Å². The van der Waals surface area contributed by atoms with Gasteiger partial charge in [0.25, 0.3) is 5.91 Å². The number of nitrogens with zero attached hydrogens (tertiary/aromatic N) is 3. The van der Waals surface area contributed by atoms with E-state index in [2.05, 4.69) is 51.3 Å². The summed E-state index contributed by atoms with van der Waals surface area (Å²) in [6.45, 7) is 7.75. The van der Waals surface area contributed by atoms with Gasteiger partial charge in [0, 0.05) is 103 Å². The van der Waals surface area contributed by atoms with E-state index in [1.807, 2.05) is 43.1 Å². The molecule has 328 valence electrons. The van der Waals surface area contributed by atoms with Gasteiger partial charge >= 0.3 is 5.97 Å². The summed E-state index contributed by atoms with van der Waals surface area (Å²) in [6, 6.07) is 11.3. The minimum Gasteiger partial charge on any atom is -0.496 e. The van der Waals surface area contributed by atoms with Crippen molar-refractivity contribution in [3.05, 3.63) is 70.9 Å². The Morgan fingerprint density at radius 1 is 1.08 bits per heavy atom. The number of methoxy groups -OCH3 is 2. The number of aromatic amines is 1. The van der Waals surface area contributed by atoms with E-state index in [9.17, 15) is 24.9 Å². The molecule has 6 aliphatic rings. The van der Waals surface area contributed by atoms with Crippen LogP contribution < -0.4 is 15.0 Å². The van der Waals surface area contributed by atoms with Crippen molar-refractivity contribution in [1.29, 1.82) is 0 Å². The highest BCUT2D eigenvalue weighted by Gasteiger charge is 2.72. The summed E-state index contributed by atoms with van der Waals surface area (Å²) in [5.41, 5.74) is 0.184. The zero-order valence-electron chi connectivity index (χ0n) is 36.3. The zero-order chi connectivity index (χ0) is 43.1. The SMILES string of the molecule is CCC1(C=O)CC2CN(CCc3c([nH]c4ccccc34)C(C(=O)OC)(c3cc4c(cc3OC)N(C)C3C5C4CCN4CC=CC(CC)(C54)C(O)C3(O)C(=O)NCCCO)C2)C1. The summed E-state index contributed by atoms with van der Waals surface area (Å²) >= 11 is 0. The molecule has 5 N–H and O–H groups in total. The molecule has 3 fully saturated rings. The zero-order valence-corrected chi connectivity index (χ0v) is 36.3. The molecular weight excluding hydrogens is 775 g/mol. The smallest absolute Gasteiger partial charge is 0.322 e. The fraction of sp³-hybridized carbons (Fsp3) is 0.604. The molecule has 1 aromatic heterocycles. The molecule has 13 heteroatoms. The summed E-state index contributed by atoms with van der Waals surface area (Å²) in [5, 5.41) is 39.1. The molecule has 11 atom stereocenters. The number of anilines is 1. The Balaban J connectivity index is 1.29. The summed E-state index contributed by atoms with van der Waals surface area (Å²) in [4.78, 5) is 53.3. The highest BCUT2D eigenvalue weighted by molar-refractivity contribution is 5.94. The quantitative estimate of drug-likeness (QED) is 0.0876. The molecule has 5 aliphatic heterocycles. The Kier molecular flexibility index (Phi) is 10.7. The minimum atomic E-state index is -2.21. The van der Waals surface area contributed by atoms with E-state index in [1.165, 1.54) is 7.11 Å². The molecule has 11 unspecified atom stereocenters. The molecule has 2 aromatic carbocycles. The molecule has 1 amide bonds. The van der Waals surface area contributed by atoms with Gasteiger partial charge in [-0.2, -0.15) is 0 Å². The number of likely N-dealkylation sites (N-methyl/N-ethyl adjacent to an activating group) is 1. The van der Waals surface area contributed by atoms with Crippen molar-refractivity contribution in [2.75, 3.05) is 72.0 Å². The van der Waals surface area contributed by atoms with Gasteiger partial charge in [0.15, 0.2) is 5.60 Å². The summed E-state index contributed by atoms with van der Waals surface area (Å²) in [5.74, 6) is -1.08. The number of ether oxygens (including phenoxy) is 2. The molecule has 2 saturated heterocycles. The van der Waals surface area contributed by atoms with Gasteiger partial charge in [0.2, 0.25) is 0 Å². The minimum absolute atomic E-state index is 0.0372. The maximum absolute atomic E-state index is 15.3. The van der Waals surface area contributed by atoms with Gasteiger partial charge in [-0.25, -0.2) is 0 Å². The van der Waals surface area contributed by atoms with E-state index in [0.717, 1.165) is 65.8 Å². The van der Waals surface area contributed by atoms with Crippen molar-refractivity contribution in [2.45, 2.75) is 93.9 Å². The standard InChI is InChI=1S/C48H63N5O8/c1-6-45(28-55)24-29-25-47(44(58)61-5,39-32(14-19-52(26-29)27-45)30-12-8-9-13-35(30)50-39)34-22-33-31-15-20-53-18-10-16-46(7-2)40(53)38(31)41(51(3)36(33)23-37(34)60-4)48(59,42(46)56)43(57)49-17-11-21-54/h8-10,12-13,16,22-23,28-29,31,38,40-42,50,54,56,59H,6-7,11,14-15,17-21,24-27H2,1-5H3,(H,49,57). The van der Waals surface area contributed by atoms with Crippen molar-refractivity contribution in [3.63, 3.8) is 0 Å². The summed E-state index contributed by atoms with van der Waals surface area (Å²) in [6.07, 6.45) is 7.77. The number of amides is 1. The highest BCUT2D eigenvalue weighted by atomic mass is 16.5. The van der Waals surface area contributed by atoms with Gasteiger partial charge in [-0.3, -0.25) is 14.5 Å². The Hall–Kier alpha value is -4.27. The van der Waals surface area contributed by atoms with E-state index in [-0.39, 0.29) is 36.9 Å². The van der Waals surface area contributed by atoms with Crippen LogP contribution in [-0.2, 0) is 31.0 Å². The van der Waals surface area contributed by atoms with Crippen molar-refractivity contribution < 1.29 is 39.2 Å². The van der Waals surface area contributed by atoms with Crippen LogP contribution in [0, 0.1) is 22.7 Å². The van der Waals surface area contributed by atoms with Gasteiger partial charge in [-0.15, -0.1) is 0 Å². The molecular formula is C48H63N5O8. The van der Waals surface area contributed by atoms with Crippen LogP contribution >= 0.6 is 0 Å². The molecule has 13 nitrogen and oxygen atoms in total. The lowest BCUT2D eigenvalue weighted by molar-refractivity contribution is -0.218. The van der Waals surface area contributed by atoms with Crippen molar-refractivity contribution in [2.24, 2.45) is 22.7 Å². The van der Waals surface area contributed by atoms with E-state index < -0.39 is 45.9 Å². The van der Waals surface area contributed by atoms with Crippen LogP contribution in [0.5, 0.6) is 5.75 Å². The number of rotatable bonds is 10. The van der Waals surface area contributed by atoms with Crippen LogP contribution in [0.15, 0.2) is 48.6 Å². The number of fused-ring (bicyclic) bond motifs is 7. The Labute approximate surface area is 358 Å². The average Bonchev–Trinajstić information content (AvgIpc) is 3.68. The van der Waals surface area contributed by atoms with Crippen LogP contribution in [0.2, 0.25) is 0 Å². The predicted octanol–water partition coefficient (Wildman–Crippen LogP) is 3.66. The number of aliphatic hydroxyl groups is 3. The van der Waals surface area contributed by atoms with E-state index >= 15 is 4.79 Å². The fourth-order valence-corrected chi connectivity index (χ4v) is 13.6. The van der Waals surface area contributed by atoms with Gasteiger partial charge < -0.3 is 49.7 Å². The highest BCUT2D eigenvalue weighted by Crippen LogP contribution is 2.63. The second-order valence-corrected chi connectivity index (χ2v) is 19.0. The molecule has 9 rings (SSSR count). The number of hydrogen-bond donors (Lipinski definition) is 5. The van der Waals surface area contributed by atoms with E-state index in [4.69, 9.17) is 9.47 Å². The number of piperidine rings is 2. The molecule has 6 heterocycles. The number of aromatic nitrogens is 1. The van der Waals surface area contributed by atoms with Crippen LogP contribution in [0.3, 0.4) is 0 Å². The number of aldehydes is 1. The topological polar surface area (TPSA) is 168 Å². The number of aliphatic hydroxyl groups excluding tert-OH is 2. The van der Waals surface area contributed by atoms with E-state index in [1.54, 1.807) is 7.11 Å².